The number of amides is 1. The predicted molar refractivity (Wildman–Crippen MR) is 82.4 cm³/mol. The van der Waals surface area contributed by atoms with Crippen LogP contribution in [0.25, 0.3) is 4.85 Å². The molecule has 1 aliphatic rings. The lowest BCUT2D eigenvalue weighted by Gasteiger charge is -2.21. The van der Waals surface area contributed by atoms with Gasteiger partial charge in [0, 0.05) is 24.4 Å². The molecule has 2 rings (SSSR count). The number of carbonyl (C=O) groups excluding carboxylic acids is 2. The second-order valence-corrected chi connectivity index (χ2v) is 5.80. The molecule has 0 bridgehead atoms. The van der Waals surface area contributed by atoms with Gasteiger partial charge in [-0.05, 0) is 24.1 Å². The summed E-state index contributed by atoms with van der Waals surface area (Å²) >= 11 is 5.81. The van der Waals surface area contributed by atoms with Gasteiger partial charge in [-0.2, -0.15) is 0 Å². The number of aliphatic hydroxyl groups is 1. The average Bonchev–Trinajstić information content (AvgIpc) is 2.89. The van der Waals surface area contributed by atoms with Crippen molar-refractivity contribution in [1.29, 1.82) is 0 Å². The zero-order valence-corrected chi connectivity index (χ0v) is 12.8. The Morgan fingerprint density at radius 3 is 2.68 bits per heavy atom. The highest BCUT2D eigenvalue weighted by Crippen LogP contribution is 2.21. The van der Waals surface area contributed by atoms with E-state index < -0.39 is 18.1 Å². The monoisotopic (exact) mass is 320 g/mol. The fraction of sp³-hybridized carbons (Fsp3) is 0.438. The Balaban J connectivity index is 1.96. The van der Waals surface area contributed by atoms with Gasteiger partial charge in [-0.3, -0.25) is 9.59 Å². The molecule has 1 amide bonds. The van der Waals surface area contributed by atoms with Gasteiger partial charge in [-0.1, -0.05) is 23.7 Å². The predicted octanol–water partition coefficient (Wildman–Crippen LogP) is 1.72. The van der Waals surface area contributed by atoms with Gasteiger partial charge in [-0.25, -0.2) is 6.57 Å². The van der Waals surface area contributed by atoms with Crippen molar-refractivity contribution in [2.75, 3.05) is 13.1 Å². The number of halogens is 1. The molecule has 0 saturated carbocycles. The summed E-state index contributed by atoms with van der Waals surface area (Å²) in [5, 5.41) is 10.4. The Labute approximate surface area is 134 Å². The van der Waals surface area contributed by atoms with E-state index in [-0.39, 0.29) is 25.3 Å². The van der Waals surface area contributed by atoms with Gasteiger partial charge in [0.1, 0.15) is 0 Å². The second-order valence-electron chi connectivity index (χ2n) is 5.36. The van der Waals surface area contributed by atoms with Crippen LogP contribution in [-0.4, -0.2) is 46.9 Å². The number of hydrogen-bond acceptors (Lipinski definition) is 3. The van der Waals surface area contributed by atoms with Gasteiger partial charge >= 0.3 is 5.91 Å². The van der Waals surface area contributed by atoms with Crippen LogP contribution in [0.15, 0.2) is 24.3 Å². The number of hydrogen-bond donors (Lipinski definition) is 1. The first kappa shape index (κ1) is 16.5. The summed E-state index contributed by atoms with van der Waals surface area (Å²) in [6.07, 6.45) is 0.413. The van der Waals surface area contributed by atoms with Gasteiger partial charge in [0.25, 0.3) is 6.54 Å². The Bertz CT molecular complexity index is 594. The van der Waals surface area contributed by atoms with Crippen LogP contribution in [0.2, 0.25) is 5.02 Å². The number of aliphatic hydroxyl groups excluding tert-OH is 1. The van der Waals surface area contributed by atoms with Gasteiger partial charge in [0.2, 0.25) is 0 Å². The number of nitrogens with zero attached hydrogens (tertiary/aromatic N) is 2. The van der Waals surface area contributed by atoms with E-state index in [0.717, 1.165) is 5.56 Å². The minimum absolute atomic E-state index is 0.0789. The first-order valence-corrected chi connectivity index (χ1v) is 7.47. The first-order valence-electron chi connectivity index (χ1n) is 7.09. The molecule has 1 aromatic carbocycles. The molecule has 116 valence electrons. The maximum Gasteiger partial charge on any atom is 0.303 e. The number of ketones is 1. The van der Waals surface area contributed by atoms with Crippen molar-refractivity contribution in [3.05, 3.63) is 46.3 Å². The van der Waals surface area contributed by atoms with Gasteiger partial charge in [0.15, 0.2) is 5.78 Å². The van der Waals surface area contributed by atoms with E-state index >= 15 is 0 Å². The lowest BCUT2D eigenvalue weighted by molar-refractivity contribution is -0.136. The summed E-state index contributed by atoms with van der Waals surface area (Å²) in [6, 6.07) is 6.65. The zero-order valence-electron chi connectivity index (χ0n) is 12.0. The van der Waals surface area contributed by atoms with Crippen molar-refractivity contribution in [2.45, 2.75) is 31.4 Å². The third-order valence-electron chi connectivity index (χ3n) is 3.76. The van der Waals surface area contributed by atoms with Crippen LogP contribution >= 0.6 is 11.6 Å². The van der Waals surface area contributed by atoms with E-state index in [2.05, 4.69) is 4.85 Å². The molecule has 0 aromatic heterocycles. The standard InChI is InChI=1S/C16H17ClN2O3/c1-18-9-16(22)19-10-13(20)8-14(19)15(21)7-4-11-2-5-12(17)6-3-11/h2-3,5-6,13-14,20H,4,7-10H2/t13-,14+/m1/s1. The van der Waals surface area contributed by atoms with Crippen molar-refractivity contribution >= 4 is 23.3 Å². The minimum Gasteiger partial charge on any atom is -0.391 e. The highest BCUT2D eigenvalue weighted by atomic mass is 35.5. The molecular formula is C16H17ClN2O3. The summed E-state index contributed by atoms with van der Waals surface area (Å²) in [6.45, 7) is 6.60. The molecule has 1 aromatic rings. The lowest BCUT2D eigenvalue weighted by Crippen LogP contribution is -2.41. The van der Waals surface area contributed by atoms with E-state index in [1.54, 1.807) is 12.1 Å². The molecule has 1 fully saturated rings. The van der Waals surface area contributed by atoms with Crippen LogP contribution in [0.5, 0.6) is 0 Å². The Morgan fingerprint density at radius 1 is 1.36 bits per heavy atom. The van der Waals surface area contributed by atoms with Crippen molar-refractivity contribution < 1.29 is 14.7 Å². The molecule has 0 unspecified atom stereocenters. The van der Waals surface area contributed by atoms with Crippen molar-refractivity contribution in [3.63, 3.8) is 0 Å². The van der Waals surface area contributed by atoms with E-state index in [0.29, 0.717) is 17.9 Å². The van der Waals surface area contributed by atoms with Gasteiger partial charge in [-0.15, -0.1) is 0 Å². The molecule has 1 heterocycles. The Kier molecular flexibility index (Phi) is 5.53. The van der Waals surface area contributed by atoms with Crippen molar-refractivity contribution in [3.8, 4) is 0 Å². The summed E-state index contributed by atoms with van der Waals surface area (Å²) < 4.78 is 0. The third-order valence-corrected chi connectivity index (χ3v) is 4.01. The second kappa shape index (κ2) is 7.39. The molecule has 1 N–H and O–H groups in total. The lowest BCUT2D eigenvalue weighted by atomic mass is 10.0. The Hall–Kier alpha value is -1.90. The summed E-state index contributed by atoms with van der Waals surface area (Å²) in [5.74, 6) is -0.471. The third kappa shape index (κ3) is 4.06. The number of likely N-dealkylation sites (tertiary alicyclic amines) is 1. The molecule has 5 nitrogen and oxygen atoms in total. The minimum atomic E-state index is -0.695. The quantitative estimate of drug-likeness (QED) is 0.840. The summed E-state index contributed by atoms with van der Waals surface area (Å²) in [5.41, 5.74) is 0.996. The van der Waals surface area contributed by atoms with Crippen molar-refractivity contribution in [1.82, 2.24) is 4.90 Å². The van der Waals surface area contributed by atoms with E-state index in [9.17, 15) is 14.7 Å². The van der Waals surface area contributed by atoms with E-state index in [1.807, 2.05) is 12.1 Å². The van der Waals surface area contributed by atoms with E-state index in [4.69, 9.17) is 18.2 Å². The van der Waals surface area contributed by atoms with Gasteiger partial charge < -0.3 is 14.9 Å². The molecule has 1 saturated heterocycles. The number of β-amino-alcohol motifs (C(OH)–C–C–N with tert-alkyl or cyclic N) is 1. The van der Waals surface area contributed by atoms with Crippen LogP contribution < -0.4 is 0 Å². The number of Topliss-reactive ketones (excluding diaryl/α,β-unsaturated/α-hetero) is 1. The maximum absolute atomic E-state index is 12.3. The first-order chi connectivity index (χ1) is 10.5. The van der Waals surface area contributed by atoms with Crippen molar-refractivity contribution in [2.24, 2.45) is 0 Å². The molecule has 2 atom stereocenters. The fourth-order valence-electron chi connectivity index (χ4n) is 2.64. The van der Waals surface area contributed by atoms with Crippen LogP contribution in [0.1, 0.15) is 18.4 Å². The van der Waals surface area contributed by atoms with Crippen LogP contribution in [-0.2, 0) is 16.0 Å². The fourth-order valence-corrected chi connectivity index (χ4v) is 2.76. The largest absolute Gasteiger partial charge is 0.391 e. The number of carbonyl (C=O) groups is 2. The topological polar surface area (TPSA) is 62.0 Å². The number of aryl methyl sites for hydroxylation is 1. The highest BCUT2D eigenvalue weighted by molar-refractivity contribution is 6.30. The molecule has 6 heteroatoms. The number of benzene rings is 1. The maximum atomic E-state index is 12.3. The smallest absolute Gasteiger partial charge is 0.303 e. The molecule has 0 spiro atoms. The molecular weight excluding hydrogens is 304 g/mol. The average molecular weight is 321 g/mol. The van der Waals surface area contributed by atoms with Crippen LogP contribution in [0.4, 0.5) is 0 Å². The number of rotatable bonds is 5. The molecule has 0 radical (unpaired) electrons. The summed E-state index contributed by atoms with van der Waals surface area (Å²) in [4.78, 5) is 28.6. The van der Waals surface area contributed by atoms with Crippen LogP contribution in [0, 0.1) is 6.57 Å². The molecule has 1 aliphatic heterocycles. The van der Waals surface area contributed by atoms with E-state index in [1.165, 1.54) is 4.90 Å². The summed E-state index contributed by atoms with van der Waals surface area (Å²) in [7, 11) is 0. The SMILES string of the molecule is [C-]#[N+]CC(=O)N1C[C@H](O)C[C@H]1C(=O)CCc1ccc(Cl)cc1. The highest BCUT2D eigenvalue weighted by Gasteiger charge is 2.38. The Morgan fingerprint density at radius 2 is 2.05 bits per heavy atom. The zero-order chi connectivity index (χ0) is 16.1. The van der Waals surface area contributed by atoms with Gasteiger partial charge in [0.05, 0.1) is 12.1 Å². The molecule has 0 aliphatic carbocycles. The molecule has 22 heavy (non-hydrogen) atoms. The van der Waals surface area contributed by atoms with Crippen LogP contribution in [0.3, 0.4) is 0 Å². The normalized spacial score (nSPS) is 20.7.